The Hall–Kier alpha value is -0.250. The molecule has 0 amide bonds. The van der Waals surface area contributed by atoms with Crippen molar-refractivity contribution in [2.45, 2.75) is 38.5 Å². The summed E-state index contributed by atoms with van der Waals surface area (Å²) in [5.74, 6) is 0. The third-order valence-electron chi connectivity index (χ3n) is 1.09. The van der Waals surface area contributed by atoms with Gasteiger partial charge in [0.25, 0.3) is 0 Å². The number of aliphatic hydroxyl groups is 1. The monoisotopic (exact) mass is 156 g/mol. The van der Waals surface area contributed by atoms with E-state index in [9.17, 15) is 13.2 Å². The number of rotatable bonds is 3. The number of hydrogen-bond acceptors (Lipinski definition) is 1. The van der Waals surface area contributed by atoms with Crippen LogP contribution in [0.3, 0.4) is 0 Å². The molecule has 0 aliphatic rings. The molecule has 62 valence electrons. The Bertz CT molecular complexity index is 89.5. The molecule has 0 aromatic rings. The van der Waals surface area contributed by atoms with Gasteiger partial charge in [0.15, 0.2) is 0 Å². The van der Waals surface area contributed by atoms with E-state index in [2.05, 4.69) is 0 Å². The van der Waals surface area contributed by atoms with Gasteiger partial charge in [-0.25, -0.2) is 0 Å². The van der Waals surface area contributed by atoms with Crippen LogP contribution in [0.2, 0.25) is 0 Å². The normalized spacial score (nSPS) is 15.3. The molecule has 0 bridgehead atoms. The fraction of sp³-hybridized carbons (Fsp3) is 1.00. The van der Waals surface area contributed by atoms with E-state index in [1.807, 2.05) is 0 Å². The van der Waals surface area contributed by atoms with Gasteiger partial charge >= 0.3 is 6.18 Å². The van der Waals surface area contributed by atoms with Crippen LogP contribution in [-0.4, -0.2) is 17.4 Å². The smallest absolute Gasteiger partial charge is 0.391 e. The van der Waals surface area contributed by atoms with E-state index in [-0.39, 0.29) is 6.42 Å². The summed E-state index contributed by atoms with van der Waals surface area (Å²) in [6.45, 7) is 1.74. The summed E-state index contributed by atoms with van der Waals surface area (Å²) in [7, 11) is 0. The summed E-state index contributed by atoms with van der Waals surface area (Å²) in [6.07, 6.45) is -5.73. The van der Waals surface area contributed by atoms with Crippen LogP contribution in [0.4, 0.5) is 13.2 Å². The van der Waals surface area contributed by atoms with E-state index < -0.39 is 18.7 Å². The summed E-state index contributed by atoms with van der Waals surface area (Å²) in [6, 6.07) is 0. The minimum Gasteiger partial charge on any atom is -0.393 e. The Balaban J connectivity index is 3.47. The standard InChI is InChI=1S/C6H11F3O/c1-2-3-5(10)4-6(7,8)9/h5,10H,2-4H2,1H3/t5-/m1/s1. The van der Waals surface area contributed by atoms with Crippen LogP contribution in [0.1, 0.15) is 26.2 Å². The molecule has 10 heavy (non-hydrogen) atoms. The van der Waals surface area contributed by atoms with Crippen molar-refractivity contribution in [3.63, 3.8) is 0 Å². The van der Waals surface area contributed by atoms with Crippen LogP contribution in [0.25, 0.3) is 0 Å². The number of halogens is 3. The molecule has 0 rings (SSSR count). The first kappa shape index (κ1) is 9.75. The first-order valence-corrected chi connectivity index (χ1v) is 3.20. The van der Waals surface area contributed by atoms with Crippen molar-refractivity contribution in [2.24, 2.45) is 0 Å². The molecule has 0 radical (unpaired) electrons. The summed E-state index contributed by atoms with van der Waals surface area (Å²) >= 11 is 0. The van der Waals surface area contributed by atoms with Crippen LogP contribution >= 0.6 is 0 Å². The lowest BCUT2D eigenvalue weighted by Gasteiger charge is -2.11. The van der Waals surface area contributed by atoms with Gasteiger partial charge in [0.05, 0.1) is 12.5 Å². The molecule has 0 spiro atoms. The van der Waals surface area contributed by atoms with E-state index in [1.54, 1.807) is 6.92 Å². The molecule has 0 fully saturated rings. The van der Waals surface area contributed by atoms with Crippen molar-refractivity contribution in [1.82, 2.24) is 0 Å². The Morgan fingerprint density at radius 3 is 2.20 bits per heavy atom. The predicted molar refractivity (Wildman–Crippen MR) is 31.6 cm³/mol. The second-order valence-corrected chi connectivity index (χ2v) is 2.26. The van der Waals surface area contributed by atoms with Crippen molar-refractivity contribution < 1.29 is 18.3 Å². The molecule has 0 unspecified atom stereocenters. The van der Waals surface area contributed by atoms with Gasteiger partial charge in [-0.3, -0.25) is 0 Å². The zero-order valence-corrected chi connectivity index (χ0v) is 5.78. The lowest BCUT2D eigenvalue weighted by molar-refractivity contribution is -0.153. The van der Waals surface area contributed by atoms with Crippen LogP contribution in [0, 0.1) is 0 Å². The maximum absolute atomic E-state index is 11.5. The molecule has 4 heteroatoms. The van der Waals surface area contributed by atoms with Gasteiger partial charge in [-0.15, -0.1) is 0 Å². The maximum Gasteiger partial charge on any atom is 0.391 e. The second-order valence-electron chi connectivity index (χ2n) is 2.26. The minimum atomic E-state index is -4.23. The van der Waals surface area contributed by atoms with Crippen LogP contribution in [-0.2, 0) is 0 Å². The van der Waals surface area contributed by atoms with Gasteiger partial charge in [0, 0.05) is 0 Å². The fourth-order valence-corrected chi connectivity index (χ4v) is 0.702. The minimum absolute atomic E-state index is 0.222. The lowest BCUT2D eigenvalue weighted by Crippen LogP contribution is -2.18. The average Bonchev–Trinajstić information content (AvgIpc) is 1.59. The van der Waals surface area contributed by atoms with Crippen molar-refractivity contribution in [3.05, 3.63) is 0 Å². The lowest BCUT2D eigenvalue weighted by atomic mass is 10.1. The molecule has 1 nitrogen and oxygen atoms in total. The molecule has 0 aliphatic heterocycles. The third-order valence-corrected chi connectivity index (χ3v) is 1.09. The molecule has 0 aromatic heterocycles. The molecule has 0 aromatic carbocycles. The predicted octanol–water partition coefficient (Wildman–Crippen LogP) is 2.10. The largest absolute Gasteiger partial charge is 0.393 e. The molecule has 1 atom stereocenters. The Kier molecular flexibility index (Phi) is 3.71. The van der Waals surface area contributed by atoms with Crippen molar-refractivity contribution in [3.8, 4) is 0 Å². The molecule has 0 saturated carbocycles. The van der Waals surface area contributed by atoms with Gasteiger partial charge in [-0.1, -0.05) is 13.3 Å². The summed E-state index contributed by atoms with van der Waals surface area (Å²) in [5, 5.41) is 8.66. The first-order valence-electron chi connectivity index (χ1n) is 3.20. The third kappa shape index (κ3) is 5.88. The zero-order valence-electron chi connectivity index (χ0n) is 5.78. The quantitative estimate of drug-likeness (QED) is 0.663. The van der Waals surface area contributed by atoms with Crippen LogP contribution in [0.15, 0.2) is 0 Å². The topological polar surface area (TPSA) is 20.2 Å². The van der Waals surface area contributed by atoms with E-state index in [0.717, 1.165) is 0 Å². The number of hydrogen-bond donors (Lipinski definition) is 1. The Morgan fingerprint density at radius 1 is 1.40 bits per heavy atom. The molecular weight excluding hydrogens is 145 g/mol. The highest BCUT2D eigenvalue weighted by atomic mass is 19.4. The highest BCUT2D eigenvalue weighted by molar-refractivity contribution is 4.60. The highest BCUT2D eigenvalue weighted by Crippen LogP contribution is 2.22. The summed E-state index contributed by atoms with van der Waals surface area (Å²) in [4.78, 5) is 0. The maximum atomic E-state index is 11.5. The summed E-state index contributed by atoms with van der Waals surface area (Å²) < 4.78 is 34.4. The van der Waals surface area contributed by atoms with Gasteiger partial charge in [-0.05, 0) is 6.42 Å². The van der Waals surface area contributed by atoms with Gasteiger partial charge in [0.1, 0.15) is 0 Å². The van der Waals surface area contributed by atoms with E-state index in [1.165, 1.54) is 0 Å². The molecule has 1 N–H and O–H groups in total. The van der Waals surface area contributed by atoms with Crippen molar-refractivity contribution in [2.75, 3.05) is 0 Å². The molecule has 0 heterocycles. The van der Waals surface area contributed by atoms with E-state index >= 15 is 0 Å². The SMILES string of the molecule is CCC[C@@H](O)CC(F)(F)F. The number of aliphatic hydroxyl groups excluding tert-OH is 1. The van der Waals surface area contributed by atoms with Crippen molar-refractivity contribution >= 4 is 0 Å². The zero-order chi connectivity index (χ0) is 8.20. The second kappa shape index (κ2) is 3.81. The van der Waals surface area contributed by atoms with E-state index in [0.29, 0.717) is 6.42 Å². The first-order chi connectivity index (χ1) is 4.45. The number of alkyl halides is 3. The Morgan fingerprint density at radius 2 is 1.90 bits per heavy atom. The fourth-order valence-electron chi connectivity index (χ4n) is 0.702. The average molecular weight is 156 g/mol. The van der Waals surface area contributed by atoms with E-state index in [4.69, 9.17) is 5.11 Å². The summed E-state index contributed by atoms with van der Waals surface area (Å²) in [5.41, 5.74) is 0. The highest BCUT2D eigenvalue weighted by Gasteiger charge is 2.30. The Labute approximate surface area is 57.9 Å². The van der Waals surface area contributed by atoms with Crippen LogP contribution in [0.5, 0.6) is 0 Å². The molecule has 0 saturated heterocycles. The van der Waals surface area contributed by atoms with Gasteiger partial charge < -0.3 is 5.11 Å². The molecular formula is C6H11F3O. The molecule has 0 aliphatic carbocycles. The van der Waals surface area contributed by atoms with Crippen LogP contribution < -0.4 is 0 Å². The van der Waals surface area contributed by atoms with Crippen molar-refractivity contribution in [1.29, 1.82) is 0 Å². The van der Waals surface area contributed by atoms with Gasteiger partial charge in [0.2, 0.25) is 0 Å². The van der Waals surface area contributed by atoms with Gasteiger partial charge in [-0.2, -0.15) is 13.2 Å².